The number of carbonyl (C=O) groups excluding carboxylic acids is 1. The van der Waals surface area contributed by atoms with Crippen LogP contribution in [0.25, 0.3) is 0 Å². The van der Waals surface area contributed by atoms with Crippen molar-refractivity contribution in [3.8, 4) is 0 Å². The summed E-state index contributed by atoms with van der Waals surface area (Å²) in [7, 11) is 1.69. The lowest BCUT2D eigenvalue weighted by Gasteiger charge is -2.19. The minimum atomic E-state index is -0.415. The summed E-state index contributed by atoms with van der Waals surface area (Å²) in [5.41, 5.74) is 1.95. The third-order valence-electron chi connectivity index (χ3n) is 2.66. The topological polar surface area (TPSA) is 47.6 Å². The SMILES string of the molecule is COCc1ccccc1CNCCC(=O)OC(C)(C)C. The van der Waals surface area contributed by atoms with Crippen molar-refractivity contribution in [2.24, 2.45) is 0 Å². The molecule has 0 amide bonds. The van der Waals surface area contributed by atoms with E-state index in [2.05, 4.69) is 11.4 Å². The Morgan fingerprint density at radius 3 is 2.45 bits per heavy atom. The largest absolute Gasteiger partial charge is 0.460 e. The fraction of sp³-hybridized carbons (Fsp3) is 0.562. The first kappa shape index (κ1) is 16.7. The molecule has 1 aromatic rings. The van der Waals surface area contributed by atoms with Gasteiger partial charge in [0.2, 0.25) is 0 Å². The summed E-state index contributed by atoms with van der Waals surface area (Å²) in [5, 5.41) is 3.26. The molecule has 1 aromatic carbocycles. The van der Waals surface area contributed by atoms with Gasteiger partial charge in [-0.1, -0.05) is 24.3 Å². The van der Waals surface area contributed by atoms with Crippen LogP contribution in [0.4, 0.5) is 0 Å². The maximum Gasteiger partial charge on any atom is 0.307 e. The van der Waals surface area contributed by atoms with Crippen LogP contribution in [-0.4, -0.2) is 25.2 Å². The lowest BCUT2D eigenvalue weighted by Crippen LogP contribution is -2.26. The Balaban J connectivity index is 2.33. The van der Waals surface area contributed by atoms with Gasteiger partial charge in [0, 0.05) is 20.2 Å². The second-order valence-corrected chi connectivity index (χ2v) is 5.71. The number of benzene rings is 1. The van der Waals surface area contributed by atoms with Gasteiger partial charge in [0.05, 0.1) is 13.0 Å². The summed E-state index contributed by atoms with van der Waals surface area (Å²) in [6, 6.07) is 8.12. The van der Waals surface area contributed by atoms with Gasteiger partial charge < -0.3 is 14.8 Å². The first-order valence-electron chi connectivity index (χ1n) is 6.90. The maximum atomic E-state index is 11.6. The normalized spacial score (nSPS) is 11.4. The second kappa shape index (κ2) is 8.02. The average molecular weight is 279 g/mol. The van der Waals surface area contributed by atoms with Crippen LogP contribution in [0.2, 0.25) is 0 Å². The molecular weight excluding hydrogens is 254 g/mol. The molecule has 0 aliphatic carbocycles. The Bertz CT molecular complexity index is 424. The van der Waals surface area contributed by atoms with E-state index in [1.165, 1.54) is 11.1 Å². The average Bonchev–Trinajstić information content (AvgIpc) is 2.34. The van der Waals surface area contributed by atoms with E-state index < -0.39 is 5.60 Å². The first-order chi connectivity index (χ1) is 9.42. The molecule has 1 rings (SSSR count). The standard InChI is InChI=1S/C16H25NO3/c1-16(2,3)20-15(18)9-10-17-11-13-7-5-6-8-14(13)12-19-4/h5-8,17H,9-12H2,1-4H3. The molecule has 0 heterocycles. The Labute approximate surface area is 121 Å². The Hall–Kier alpha value is -1.39. The van der Waals surface area contributed by atoms with Crippen LogP contribution in [-0.2, 0) is 27.4 Å². The van der Waals surface area contributed by atoms with Crippen molar-refractivity contribution < 1.29 is 14.3 Å². The quantitative estimate of drug-likeness (QED) is 0.616. The fourth-order valence-corrected chi connectivity index (χ4v) is 1.83. The number of carbonyl (C=O) groups is 1. The van der Waals surface area contributed by atoms with Crippen molar-refractivity contribution in [1.29, 1.82) is 0 Å². The predicted molar refractivity (Wildman–Crippen MR) is 79.3 cm³/mol. The molecule has 1 N–H and O–H groups in total. The highest BCUT2D eigenvalue weighted by atomic mass is 16.6. The van der Waals surface area contributed by atoms with E-state index in [9.17, 15) is 4.79 Å². The van der Waals surface area contributed by atoms with Crippen LogP contribution in [0, 0.1) is 0 Å². The van der Waals surface area contributed by atoms with Gasteiger partial charge in [-0.3, -0.25) is 4.79 Å². The van der Waals surface area contributed by atoms with Crippen molar-refractivity contribution in [3.63, 3.8) is 0 Å². The molecule has 0 aliphatic rings. The number of nitrogens with one attached hydrogen (secondary N) is 1. The molecule has 20 heavy (non-hydrogen) atoms. The van der Waals surface area contributed by atoms with Crippen molar-refractivity contribution in [2.75, 3.05) is 13.7 Å². The number of hydrogen-bond donors (Lipinski definition) is 1. The van der Waals surface area contributed by atoms with E-state index in [0.717, 1.165) is 6.54 Å². The van der Waals surface area contributed by atoms with Crippen LogP contribution in [0.15, 0.2) is 24.3 Å². The molecule has 0 spiro atoms. The minimum absolute atomic E-state index is 0.171. The van der Waals surface area contributed by atoms with E-state index in [1.54, 1.807) is 7.11 Å². The van der Waals surface area contributed by atoms with Gasteiger partial charge in [0.15, 0.2) is 0 Å². The van der Waals surface area contributed by atoms with Crippen LogP contribution < -0.4 is 5.32 Å². The van der Waals surface area contributed by atoms with Crippen LogP contribution in [0.1, 0.15) is 38.3 Å². The fourth-order valence-electron chi connectivity index (χ4n) is 1.83. The molecule has 0 fully saturated rings. The van der Waals surface area contributed by atoms with E-state index in [1.807, 2.05) is 39.0 Å². The van der Waals surface area contributed by atoms with Crippen molar-refractivity contribution >= 4 is 5.97 Å². The summed E-state index contributed by atoms with van der Waals surface area (Å²) in [4.78, 5) is 11.6. The van der Waals surface area contributed by atoms with Gasteiger partial charge in [-0.15, -0.1) is 0 Å². The molecule has 0 bridgehead atoms. The number of rotatable bonds is 7. The smallest absolute Gasteiger partial charge is 0.307 e. The lowest BCUT2D eigenvalue weighted by atomic mass is 10.1. The molecule has 0 aromatic heterocycles. The molecule has 0 aliphatic heterocycles. The van der Waals surface area contributed by atoms with Crippen LogP contribution in [0.5, 0.6) is 0 Å². The van der Waals surface area contributed by atoms with E-state index in [4.69, 9.17) is 9.47 Å². The molecule has 4 nitrogen and oxygen atoms in total. The highest BCUT2D eigenvalue weighted by molar-refractivity contribution is 5.70. The highest BCUT2D eigenvalue weighted by Crippen LogP contribution is 2.10. The summed E-state index contributed by atoms with van der Waals surface area (Å²) in [5.74, 6) is -0.171. The Kier molecular flexibility index (Phi) is 6.68. The lowest BCUT2D eigenvalue weighted by molar-refractivity contribution is -0.154. The number of esters is 1. The number of hydrogen-bond acceptors (Lipinski definition) is 4. The summed E-state index contributed by atoms with van der Waals surface area (Å²) < 4.78 is 10.4. The molecule has 0 saturated heterocycles. The molecule has 0 atom stereocenters. The van der Waals surface area contributed by atoms with Crippen molar-refractivity contribution in [1.82, 2.24) is 5.32 Å². The van der Waals surface area contributed by atoms with Crippen LogP contribution >= 0.6 is 0 Å². The van der Waals surface area contributed by atoms with Gasteiger partial charge in [-0.25, -0.2) is 0 Å². The van der Waals surface area contributed by atoms with E-state index in [-0.39, 0.29) is 5.97 Å². The van der Waals surface area contributed by atoms with Gasteiger partial charge in [0.1, 0.15) is 5.60 Å². The summed E-state index contributed by atoms with van der Waals surface area (Å²) in [6.45, 7) is 7.56. The highest BCUT2D eigenvalue weighted by Gasteiger charge is 2.15. The Morgan fingerprint density at radius 1 is 1.20 bits per heavy atom. The minimum Gasteiger partial charge on any atom is -0.460 e. The third-order valence-corrected chi connectivity index (χ3v) is 2.66. The monoisotopic (exact) mass is 279 g/mol. The van der Waals surface area contributed by atoms with Crippen molar-refractivity contribution in [3.05, 3.63) is 35.4 Å². The molecule has 0 unspecified atom stereocenters. The molecule has 4 heteroatoms. The third kappa shape index (κ3) is 6.68. The van der Waals surface area contributed by atoms with Gasteiger partial charge >= 0.3 is 5.97 Å². The summed E-state index contributed by atoms with van der Waals surface area (Å²) >= 11 is 0. The van der Waals surface area contributed by atoms with Crippen LogP contribution in [0.3, 0.4) is 0 Å². The number of methoxy groups -OCH3 is 1. The van der Waals surface area contributed by atoms with E-state index >= 15 is 0 Å². The zero-order valence-corrected chi connectivity index (χ0v) is 12.9. The van der Waals surface area contributed by atoms with Crippen molar-refractivity contribution in [2.45, 2.75) is 45.9 Å². The zero-order chi connectivity index (χ0) is 15.0. The molecular formula is C16H25NO3. The molecule has 0 radical (unpaired) electrons. The second-order valence-electron chi connectivity index (χ2n) is 5.71. The van der Waals surface area contributed by atoms with Gasteiger partial charge in [-0.2, -0.15) is 0 Å². The number of ether oxygens (including phenoxy) is 2. The Morgan fingerprint density at radius 2 is 1.85 bits per heavy atom. The predicted octanol–water partition coefficient (Wildman–Crippen LogP) is 2.65. The summed E-state index contributed by atoms with van der Waals surface area (Å²) in [6.07, 6.45) is 0.379. The zero-order valence-electron chi connectivity index (χ0n) is 12.9. The first-order valence-corrected chi connectivity index (χ1v) is 6.90. The molecule has 0 saturated carbocycles. The van der Waals surface area contributed by atoms with Gasteiger partial charge in [-0.05, 0) is 31.9 Å². The van der Waals surface area contributed by atoms with E-state index in [0.29, 0.717) is 19.6 Å². The van der Waals surface area contributed by atoms with Gasteiger partial charge in [0.25, 0.3) is 0 Å². The maximum absolute atomic E-state index is 11.6. The molecule has 112 valence electrons.